The van der Waals surface area contributed by atoms with Gasteiger partial charge in [-0.05, 0) is 68.7 Å². The van der Waals surface area contributed by atoms with E-state index in [0.29, 0.717) is 23.8 Å². The van der Waals surface area contributed by atoms with E-state index in [1.54, 1.807) is 18.2 Å². The van der Waals surface area contributed by atoms with Crippen molar-refractivity contribution in [3.05, 3.63) is 60.7 Å². The van der Waals surface area contributed by atoms with Crippen LogP contribution in [0.15, 0.2) is 55.1 Å². The number of carbonyl (C=O) groups excluding carboxylic acids is 2. The van der Waals surface area contributed by atoms with Crippen molar-refractivity contribution in [3.8, 4) is 11.5 Å². The molecule has 7 heteroatoms. The zero-order valence-electron chi connectivity index (χ0n) is 18.6. The maximum atomic E-state index is 12.5. The average molecular weight is 439 g/mol. The topological polar surface area (TPSA) is 77.1 Å². The Morgan fingerprint density at radius 2 is 1.81 bits per heavy atom. The quantitative estimate of drug-likeness (QED) is 0.461. The van der Waals surface area contributed by atoms with E-state index in [1.165, 1.54) is 39.4 Å². The van der Waals surface area contributed by atoms with Crippen molar-refractivity contribution in [2.75, 3.05) is 37.0 Å². The molecule has 1 heterocycles. The number of benzene rings is 2. The number of amides is 1. The van der Waals surface area contributed by atoms with Gasteiger partial charge in [0, 0.05) is 24.5 Å². The highest BCUT2D eigenvalue weighted by Crippen LogP contribution is 2.28. The van der Waals surface area contributed by atoms with Crippen molar-refractivity contribution < 1.29 is 23.8 Å². The highest BCUT2D eigenvalue weighted by atomic mass is 16.5. The zero-order valence-corrected chi connectivity index (χ0v) is 18.6. The minimum atomic E-state index is -0.966. The second kappa shape index (κ2) is 11.2. The Morgan fingerprint density at radius 3 is 2.47 bits per heavy atom. The second-order valence-corrected chi connectivity index (χ2v) is 7.60. The number of nitrogens with one attached hydrogen (secondary N) is 1. The van der Waals surface area contributed by atoms with Crippen molar-refractivity contribution in [2.24, 2.45) is 0 Å². The zero-order chi connectivity index (χ0) is 22.9. The number of anilines is 2. The molecule has 1 aliphatic rings. The van der Waals surface area contributed by atoms with Gasteiger partial charge in [-0.15, -0.1) is 0 Å². The molecule has 7 nitrogen and oxygen atoms in total. The lowest BCUT2D eigenvalue weighted by Crippen LogP contribution is -2.30. The van der Waals surface area contributed by atoms with Gasteiger partial charge in [-0.2, -0.15) is 0 Å². The first-order valence-corrected chi connectivity index (χ1v) is 10.8. The minimum absolute atomic E-state index is 0.262. The number of esters is 1. The summed E-state index contributed by atoms with van der Waals surface area (Å²) in [4.78, 5) is 27.4. The van der Waals surface area contributed by atoms with Crippen molar-refractivity contribution in [2.45, 2.75) is 32.3 Å². The van der Waals surface area contributed by atoms with Gasteiger partial charge in [0.05, 0.1) is 12.7 Å². The normalized spacial score (nSPS) is 14.2. The molecular weight excluding hydrogens is 408 g/mol. The van der Waals surface area contributed by atoms with Crippen LogP contribution in [0.1, 0.15) is 36.5 Å². The van der Waals surface area contributed by atoms with E-state index < -0.39 is 18.0 Å². The Morgan fingerprint density at radius 1 is 1.09 bits per heavy atom. The van der Waals surface area contributed by atoms with E-state index in [2.05, 4.69) is 16.8 Å². The van der Waals surface area contributed by atoms with Crippen molar-refractivity contribution in [1.82, 2.24) is 0 Å². The molecule has 1 fully saturated rings. The van der Waals surface area contributed by atoms with Crippen LogP contribution in [-0.2, 0) is 9.53 Å². The highest BCUT2D eigenvalue weighted by molar-refractivity contribution is 5.97. The van der Waals surface area contributed by atoms with Crippen LogP contribution in [0.25, 0.3) is 0 Å². The fourth-order valence-corrected chi connectivity index (χ4v) is 3.50. The fraction of sp³-hybridized carbons (Fsp3) is 0.360. The number of hydrogen-bond donors (Lipinski definition) is 1. The van der Waals surface area contributed by atoms with E-state index in [9.17, 15) is 9.59 Å². The van der Waals surface area contributed by atoms with Crippen molar-refractivity contribution in [3.63, 3.8) is 0 Å². The lowest BCUT2D eigenvalue weighted by atomic mass is 10.1. The molecule has 1 amide bonds. The smallest absolute Gasteiger partial charge is 0.339 e. The van der Waals surface area contributed by atoms with Crippen LogP contribution in [0.5, 0.6) is 11.5 Å². The van der Waals surface area contributed by atoms with Gasteiger partial charge >= 0.3 is 5.97 Å². The SMILES string of the molecule is C=CCOc1ccc(C(=O)OC(C)C(=O)Nc2ccc(N3CCCCC3)cc2)cc1OC. The fourth-order valence-electron chi connectivity index (χ4n) is 3.50. The number of hydrogen-bond acceptors (Lipinski definition) is 6. The third-order valence-electron chi connectivity index (χ3n) is 5.27. The number of nitrogens with zero attached hydrogens (tertiary/aromatic N) is 1. The number of carbonyl (C=O) groups is 2. The number of piperidine rings is 1. The molecule has 1 unspecified atom stereocenters. The molecule has 2 aromatic rings. The maximum Gasteiger partial charge on any atom is 0.339 e. The first kappa shape index (κ1) is 23.2. The minimum Gasteiger partial charge on any atom is -0.493 e. The Bertz CT molecular complexity index is 936. The van der Waals surface area contributed by atoms with Gasteiger partial charge in [0.1, 0.15) is 6.61 Å². The Labute approximate surface area is 189 Å². The molecule has 0 spiro atoms. The Hall–Kier alpha value is -3.48. The van der Waals surface area contributed by atoms with Crippen LogP contribution in [0.2, 0.25) is 0 Å². The van der Waals surface area contributed by atoms with Crippen LogP contribution in [0, 0.1) is 0 Å². The lowest BCUT2D eigenvalue weighted by molar-refractivity contribution is -0.123. The Balaban J connectivity index is 1.56. The first-order valence-electron chi connectivity index (χ1n) is 10.8. The van der Waals surface area contributed by atoms with Crippen LogP contribution < -0.4 is 19.7 Å². The summed E-state index contributed by atoms with van der Waals surface area (Å²) in [5, 5.41) is 2.79. The van der Waals surface area contributed by atoms with E-state index in [-0.39, 0.29) is 5.56 Å². The van der Waals surface area contributed by atoms with E-state index >= 15 is 0 Å². The highest BCUT2D eigenvalue weighted by Gasteiger charge is 2.20. The molecule has 2 aromatic carbocycles. The van der Waals surface area contributed by atoms with E-state index in [4.69, 9.17) is 14.2 Å². The van der Waals surface area contributed by atoms with Gasteiger partial charge in [0.2, 0.25) is 0 Å². The summed E-state index contributed by atoms with van der Waals surface area (Å²) >= 11 is 0. The van der Waals surface area contributed by atoms with Crippen LogP contribution in [0.4, 0.5) is 11.4 Å². The van der Waals surface area contributed by atoms with Gasteiger partial charge < -0.3 is 24.4 Å². The third kappa shape index (κ3) is 6.03. The van der Waals surface area contributed by atoms with Gasteiger partial charge in [-0.25, -0.2) is 4.79 Å². The van der Waals surface area contributed by atoms with Crippen molar-refractivity contribution in [1.29, 1.82) is 0 Å². The Kier molecular flexibility index (Phi) is 8.14. The molecule has 0 saturated carbocycles. The van der Waals surface area contributed by atoms with E-state index in [1.807, 2.05) is 24.3 Å². The number of ether oxygens (including phenoxy) is 3. The number of methoxy groups -OCH3 is 1. The molecular formula is C25H30N2O5. The predicted molar refractivity (Wildman–Crippen MR) is 125 cm³/mol. The van der Waals surface area contributed by atoms with Gasteiger partial charge in [0.25, 0.3) is 5.91 Å². The second-order valence-electron chi connectivity index (χ2n) is 7.60. The molecule has 0 aliphatic carbocycles. The van der Waals surface area contributed by atoms with Crippen LogP contribution >= 0.6 is 0 Å². The van der Waals surface area contributed by atoms with Crippen LogP contribution in [-0.4, -0.2) is 44.8 Å². The monoisotopic (exact) mass is 438 g/mol. The summed E-state index contributed by atoms with van der Waals surface area (Å²) in [5.74, 6) is -0.140. The largest absolute Gasteiger partial charge is 0.493 e. The number of rotatable bonds is 9. The van der Waals surface area contributed by atoms with Gasteiger partial charge in [0.15, 0.2) is 17.6 Å². The molecule has 0 aromatic heterocycles. The van der Waals surface area contributed by atoms with Gasteiger partial charge in [-0.3, -0.25) is 4.79 Å². The molecule has 0 bridgehead atoms. The third-order valence-corrected chi connectivity index (χ3v) is 5.27. The molecule has 1 aliphatic heterocycles. The molecule has 1 N–H and O–H groups in total. The molecule has 32 heavy (non-hydrogen) atoms. The maximum absolute atomic E-state index is 12.5. The average Bonchev–Trinajstić information content (AvgIpc) is 2.83. The summed E-state index contributed by atoms with van der Waals surface area (Å²) in [6.07, 6.45) is 4.34. The van der Waals surface area contributed by atoms with Gasteiger partial charge in [-0.1, -0.05) is 12.7 Å². The molecule has 1 atom stereocenters. The van der Waals surface area contributed by atoms with Crippen molar-refractivity contribution >= 4 is 23.3 Å². The first-order chi connectivity index (χ1) is 15.5. The summed E-state index contributed by atoms with van der Waals surface area (Å²) in [6, 6.07) is 12.4. The standard InChI is InChI=1S/C25H30N2O5/c1-4-16-31-22-13-8-19(17-23(22)30-3)25(29)32-18(2)24(28)26-20-9-11-21(12-10-20)27-14-6-5-7-15-27/h4,8-13,17-18H,1,5-7,14-16H2,2-3H3,(H,26,28). The molecule has 3 rings (SSSR count). The summed E-state index contributed by atoms with van der Waals surface area (Å²) in [5.41, 5.74) is 2.07. The molecule has 1 saturated heterocycles. The van der Waals surface area contributed by atoms with Crippen LogP contribution in [0.3, 0.4) is 0 Å². The van der Waals surface area contributed by atoms with E-state index in [0.717, 1.165) is 18.8 Å². The molecule has 0 radical (unpaired) electrons. The summed E-state index contributed by atoms with van der Waals surface area (Å²) in [7, 11) is 1.48. The predicted octanol–water partition coefficient (Wildman–Crippen LogP) is 4.43. The summed E-state index contributed by atoms with van der Waals surface area (Å²) in [6.45, 7) is 7.57. The summed E-state index contributed by atoms with van der Waals surface area (Å²) < 4.78 is 16.1. The lowest BCUT2D eigenvalue weighted by Gasteiger charge is -2.28. The molecule has 170 valence electrons.